The van der Waals surface area contributed by atoms with Gasteiger partial charge in [-0.25, -0.2) is 8.42 Å². The van der Waals surface area contributed by atoms with Crippen LogP contribution in [0.4, 0.5) is 5.69 Å². The highest BCUT2D eigenvalue weighted by molar-refractivity contribution is 7.89. The Kier molecular flexibility index (Phi) is 2.97. The van der Waals surface area contributed by atoms with Gasteiger partial charge < -0.3 is 10.6 Å². The maximum Gasteiger partial charge on any atom is 0.259 e. The van der Waals surface area contributed by atoms with Crippen LogP contribution in [0.1, 0.15) is 30.4 Å². The lowest BCUT2D eigenvalue weighted by Crippen LogP contribution is -2.33. The molecule has 0 amide bonds. The zero-order valence-electron chi connectivity index (χ0n) is 10.7. The first kappa shape index (κ1) is 12.5. The van der Waals surface area contributed by atoms with Crippen molar-refractivity contribution in [1.29, 1.82) is 0 Å². The van der Waals surface area contributed by atoms with Crippen LogP contribution >= 0.6 is 0 Å². The van der Waals surface area contributed by atoms with Gasteiger partial charge in [-0.05, 0) is 30.9 Å². The fourth-order valence-electron chi connectivity index (χ4n) is 2.83. The number of hydrogen-bond donors (Lipinski definition) is 1. The van der Waals surface area contributed by atoms with Gasteiger partial charge in [0.1, 0.15) is 5.84 Å². The van der Waals surface area contributed by atoms with Gasteiger partial charge in [0.05, 0.1) is 5.75 Å². The second-order valence-corrected chi connectivity index (χ2v) is 6.70. The minimum absolute atomic E-state index is 0.0509. The van der Waals surface area contributed by atoms with Crippen LogP contribution in [0.5, 0.6) is 0 Å². The molecule has 0 saturated carbocycles. The van der Waals surface area contributed by atoms with Crippen molar-refractivity contribution in [3.63, 3.8) is 0 Å². The molecule has 5 nitrogen and oxygen atoms in total. The normalized spacial score (nSPS) is 21.7. The minimum Gasteiger partial charge on any atom is -0.382 e. The molecule has 1 saturated heterocycles. The molecule has 2 aliphatic heterocycles. The molecule has 1 fully saturated rings. The molecule has 0 unspecified atom stereocenters. The molecule has 2 aliphatic rings. The minimum atomic E-state index is -3.45. The molecule has 2 N–H and O–H groups in total. The Hall–Kier alpha value is -1.56. The van der Waals surface area contributed by atoms with Crippen molar-refractivity contribution >= 4 is 21.5 Å². The average molecular weight is 279 g/mol. The SMILES string of the molecule is NC1=NS(=O)(=O)Cc2cccc(N3CCCCC3)c21. The standard InChI is InChI=1S/C13H17N3O2S/c14-13-12-10(9-19(17,18)15-13)5-4-6-11(12)16-7-2-1-3-8-16/h4-6H,1-3,7-9H2,(H2,14,15). The van der Waals surface area contributed by atoms with E-state index in [1.165, 1.54) is 19.3 Å². The first-order valence-electron chi connectivity index (χ1n) is 6.52. The summed E-state index contributed by atoms with van der Waals surface area (Å²) in [5.74, 6) is 0.0764. The van der Waals surface area contributed by atoms with E-state index in [1.807, 2.05) is 18.2 Å². The van der Waals surface area contributed by atoms with E-state index >= 15 is 0 Å². The fourth-order valence-corrected chi connectivity index (χ4v) is 3.91. The molecule has 3 rings (SSSR count). The average Bonchev–Trinajstić information content (AvgIpc) is 2.37. The molecule has 0 aliphatic carbocycles. The number of hydrogen-bond acceptors (Lipinski definition) is 4. The van der Waals surface area contributed by atoms with E-state index in [-0.39, 0.29) is 11.6 Å². The molecule has 102 valence electrons. The second-order valence-electron chi connectivity index (χ2n) is 5.06. The topological polar surface area (TPSA) is 75.8 Å². The molecule has 0 spiro atoms. The van der Waals surface area contributed by atoms with Crippen LogP contribution in [0, 0.1) is 0 Å². The lowest BCUT2D eigenvalue weighted by atomic mass is 10.0. The predicted molar refractivity (Wildman–Crippen MR) is 75.9 cm³/mol. The van der Waals surface area contributed by atoms with Gasteiger partial charge in [0, 0.05) is 24.3 Å². The van der Waals surface area contributed by atoms with Crippen LogP contribution in [-0.2, 0) is 15.8 Å². The molecular formula is C13H17N3O2S. The van der Waals surface area contributed by atoms with E-state index < -0.39 is 10.0 Å². The second kappa shape index (κ2) is 4.52. The summed E-state index contributed by atoms with van der Waals surface area (Å²) in [4.78, 5) is 2.28. The van der Waals surface area contributed by atoms with Crippen LogP contribution in [0.3, 0.4) is 0 Å². The molecule has 19 heavy (non-hydrogen) atoms. The molecular weight excluding hydrogens is 262 g/mol. The van der Waals surface area contributed by atoms with Gasteiger partial charge in [-0.15, -0.1) is 4.40 Å². The van der Waals surface area contributed by atoms with Crippen molar-refractivity contribution in [1.82, 2.24) is 0 Å². The van der Waals surface area contributed by atoms with Gasteiger partial charge in [0.2, 0.25) is 0 Å². The summed E-state index contributed by atoms with van der Waals surface area (Å²) in [7, 11) is -3.45. The smallest absolute Gasteiger partial charge is 0.259 e. The molecule has 1 aromatic carbocycles. The van der Waals surface area contributed by atoms with Crippen molar-refractivity contribution in [2.24, 2.45) is 10.1 Å². The van der Waals surface area contributed by atoms with E-state index in [2.05, 4.69) is 9.30 Å². The number of piperidine rings is 1. The van der Waals surface area contributed by atoms with Crippen LogP contribution in [0.25, 0.3) is 0 Å². The highest BCUT2D eigenvalue weighted by atomic mass is 32.2. The third kappa shape index (κ3) is 2.32. The van der Waals surface area contributed by atoms with Crippen LogP contribution < -0.4 is 10.6 Å². The summed E-state index contributed by atoms with van der Waals surface area (Å²) in [6.45, 7) is 1.99. The van der Waals surface area contributed by atoms with E-state index in [0.717, 1.165) is 29.9 Å². The Morgan fingerprint density at radius 2 is 1.89 bits per heavy atom. The van der Waals surface area contributed by atoms with Crippen LogP contribution in [0.15, 0.2) is 22.6 Å². The highest BCUT2D eigenvalue weighted by Gasteiger charge is 2.26. The highest BCUT2D eigenvalue weighted by Crippen LogP contribution is 2.30. The summed E-state index contributed by atoms with van der Waals surface area (Å²) < 4.78 is 26.9. The van der Waals surface area contributed by atoms with Gasteiger partial charge in [-0.1, -0.05) is 12.1 Å². The molecule has 6 heteroatoms. The first-order valence-corrected chi connectivity index (χ1v) is 8.13. The Labute approximate surface area is 113 Å². The van der Waals surface area contributed by atoms with E-state index in [4.69, 9.17) is 5.73 Å². The number of rotatable bonds is 1. The summed E-state index contributed by atoms with van der Waals surface area (Å²) in [6, 6.07) is 5.73. The lowest BCUT2D eigenvalue weighted by Gasteiger charge is -2.31. The number of fused-ring (bicyclic) bond motifs is 1. The lowest BCUT2D eigenvalue weighted by molar-refractivity contribution is 0.577. The number of anilines is 1. The van der Waals surface area contributed by atoms with Gasteiger partial charge in [-0.2, -0.15) is 0 Å². The first-order chi connectivity index (χ1) is 9.07. The van der Waals surface area contributed by atoms with Crippen molar-refractivity contribution in [2.45, 2.75) is 25.0 Å². The van der Waals surface area contributed by atoms with Gasteiger partial charge in [0.25, 0.3) is 10.0 Å². The molecule has 0 bridgehead atoms. The summed E-state index contributed by atoms with van der Waals surface area (Å²) in [5, 5.41) is 0. The maximum absolute atomic E-state index is 11.6. The Morgan fingerprint density at radius 3 is 2.63 bits per heavy atom. The Bertz CT molecular complexity index is 631. The van der Waals surface area contributed by atoms with Crippen LogP contribution in [-0.4, -0.2) is 27.3 Å². The molecule has 1 aromatic rings. The quantitative estimate of drug-likeness (QED) is 0.838. The maximum atomic E-state index is 11.6. The third-order valence-corrected chi connectivity index (χ3v) is 4.81. The molecule has 0 atom stereocenters. The van der Waals surface area contributed by atoms with E-state index in [1.54, 1.807) is 0 Å². The zero-order valence-corrected chi connectivity index (χ0v) is 11.5. The van der Waals surface area contributed by atoms with Crippen molar-refractivity contribution in [3.05, 3.63) is 29.3 Å². The van der Waals surface area contributed by atoms with Gasteiger partial charge >= 0.3 is 0 Å². The third-order valence-electron chi connectivity index (χ3n) is 3.66. The summed E-state index contributed by atoms with van der Waals surface area (Å²) in [6.07, 6.45) is 3.58. The van der Waals surface area contributed by atoms with E-state index in [0.29, 0.717) is 0 Å². The number of sulfonamides is 1. The molecule has 0 radical (unpaired) electrons. The van der Waals surface area contributed by atoms with Crippen molar-refractivity contribution < 1.29 is 8.42 Å². The number of amidine groups is 1. The summed E-state index contributed by atoms with van der Waals surface area (Å²) >= 11 is 0. The zero-order chi connectivity index (χ0) is 13.5. The van der Waals surface area contributed by atoms with Gasteiger partial charge in [0.15, 0.2) is 0 Å². The summed E-state index contributed by atoms with van der Waals surface area (Å²) in [5.41, 5.74) is 8.46. The number of benzene rings is 1. The number of nitrogens with zero attached hydrogens (tertiary/aromatic N) is 2. The van der Waals surface area contributed by atoms with E-state index in [9.17, 15) is 8.42 Å². The van der Waals surface area contributed by atoms with Gasteiger partial charge in [-0.3, -0.25) is 0 Å². The molecule has 0 aromatic heterocycles. The number of nitrogens with two attached hydrogens (primary N) is 1. The molecule has 2 heterocycles. The fraction of sp³-hybridized carbons (Fsp3) is 0.462. The van der Waals surface area contributed by atoms with Crippen LogP contribution in [0.2, 0.25) is 0 Å². The monoisotopic (exact) mass is 279 g/mol. The largest absolute Gasteiger partial charge is 0.382 e. The Balaban J connectivity index is 2.09. The van der Waals surface area contributed by atoms with Crippen molar-refractivity contribution in [2.75, 3.05) is 18.0 Å². The predicted octanol–water partition coefficient (Wildman–Crippen LogP) is 1.23. The van der Waals surface area contributed by atoms with Crippen molar-refractivity contribution in [3.8, 4) is 0 Å². The Morgan fingerprint density at radius 1 is 1.16 bits per heavy atom.